The average Bonchev–Trinajstić information content (AvgIpc) is 3.38. The second kappa shape index (κ2) is 10.2. The Kier molecular flexibility index (Phi) is 7.48. The molecule has 2 aliphatic heterocycles. The summed E-state index contributed by atoms with van der Waals surface area (Å²) in [7, 11) is 0. The smallest absolute Gasteiger partial charge is 0.329 e. The van der Waals surface area contributed by atoms with Crippen LogP contribution in [0.4, 0.5) is 0 Å². The van der Waals surface area contributed by atoms with Gasteiger partial charge in [-0.15, -0.1) is 0 Å². The van der Waals surface area contributed by atoms with Crippen molar-refractivity contribution in [2.45, 2.75) is 84.0 Å². The van der Waals surface area contributed by atoms with Crippen molar-refractivity contribution in [1.29, 1.82) is 0 Å². The number of phenols is 2. The number of aliphatic hydroxyl groups is 1. The number of esters is 1. The van der Waals surface area contributed by atoms with Gasteiger partial charge in [-0.25, -0.2) is 4.79 Å². The van der Waals surface area contributed by atoms with Crippen molar-refractivity contribution in [1.82, 2.24) is 9.80 Å². The molecule has 0 spiro atoms. The van der Waals surface area contributed by atoms with Gasteiger partial charge in [-0.1, -0.05) is 33.3 Å². The largest absolute Gasteiger partial charge is 0.504 e. The van der Waals surface area contributed by atoms with Gasteiger partial charge in [0.25, 0.3) is 5.91 Å². The van der Waals surface area contributed by atoms with E-state index < -0.39 is 29.6 Å². The number of benzene rings is 1. The molecule has 1 aromatic carbocycles. The Labute approximate surface area is 218 Å². The van der Waals surface area contributed by atoms with Crippen molar-refractivity contribution in [3.63, 3.8) is 0 Å². The molecule has 0 bridgehead atoms. The molecule has 9 nitrogen and oxygen atoms in total. The lowest BCUT2D eigenvalue weighted by Crippen LogP contribution is -2.60. The minimum absolute atomic E-state index is 0.0180. The number of ether oxygens (including phenoxy) is 1. The van der Waals surface area contributed by atoms with E-state index in [1.165, 1.54) is 23.1 Å². The number of hydrogen-bond acceptors (Lipinski definition) is 7. The SMILES string of the molecule is CCC1CCC(C)(OC(=O)C2CCCN2C(=O)C2CN(C(=O)C(O)Cc3ccc(O)c(O)c3)C2)C1(C)C. The van der Waals surface area contributed by atoms with Gasteiger partial charge in [0.2, 0.25) is 5.91 Å². The van der Waals surface area contributed by atoms with Gasteiger partial charge in [0.15, 0.2) is 11.5 Å². The molecule has 1 aliphatic carbocycles. The van der Waals surface area contributed by atoms with E-state index in [-0.39, 0.29) is 48.3 Å². The Morgan fingerprint density at radius 3 is 2.43 bits per heavy atom. The lowest BCUT2D eigenvalue weighted by atomic mass is 9.72. The molecule has 3 aliphatic rings. The predicted molar refractivity (Wildman–Crippen MR) is 136 cm³/mol. The number of carbonyl (C=O) groups is 3. The van der Waals surface area contributed by atoms with Crippen molar-refractivity contribution in [3.05, 3.63) is 23.8 Å². The molecule has 37 heavy (non-hydrogen) atoms. The molecule has 2 saturated heterocycles. The van der Waals surface area contributed by atoms with Crippen LogP contribution in [0.15, 0.2) is 18.2 Å². The van der Waals surface area contributed by atoms with Crippen LogP contribution in [-0.4, -0.2) is 80.3 Å². The van der Waals surface area contributed by atoms with Crippen LogP contribution in [0.1, 0.15) is 65.4 Å². The molecular formula is C28H40N2O7. The van der Waals surface area contributed by atoms with Crippen molar-refractivity contribution in [3.8, 4) is 11.5 Å². The highest BCUT2D eigenvalue weighted by atomic mass is 16.6. The fourth-order valence-electron chi connectivity index (χ4n) is 6.29. The maximum absolute atomic E-state index is 13.3. The lowest BCUT2D eigenvalue weighted by Gasteiger charge is -2.43. The Balaban J connectivity index is 1.31. The van der Waals surface area contributed by atoms with E-state index in [1.807, 2.05) is 6.92 Å². The molecule has 204 valence electrons. The number of likely N-dealkylation sites (tertiary alicyclic amines) is 2. The van der Waals surface area contributed by atoms with Gasteiger partial charge in [-0.05, 0) is 56.2 Å². The van der Waals surface area contributed by atoms with Gasteiger partial charge in [-0.3, -0.25) is 9.59 Å². The third-order valence-corrected chi connectivity index (χ3v) is 9.28. The first-order valence-corrected chi connectivity index (χ1v) is 13.4. The Morgan fingerprint density at radius 1 is 1.11 bits per heavy atom. The highest BCUT2D eigenvalue weighted by molar-refractivity contribution is 5.89. The van der Waals surface area contributed by atoms with E-state index >= 15 is 0 Å². The molecule has 2 amide bonds. The topological polar surface area (TPSA) is 128 Å². The maximum Gasteiger partial charge on any atom is 0.329 e. The number of carbonyl (C=O) groups excluding carboxylic acids is 3. The Bertz CT molecular complexity index is 1050. The zero-order valence-corrected chi connectivity index (χ0v) is 22.3. The summed E-state index contributed by atoms with van der Waals surface area (Å²) in [6.45, 7) is 9.39. The van der Waals surface area contributed by atoms with E-state index in [2.05, 4.69) is 20.8 Å². The molecule has 4 rings (SSSR count). The molecule has 4 unspecified atom stereocenters. The van der Waals surface area contributed by atoms with Crippen molar-refractivity contribution >= 4 is 17.8 Å². The average molecular weight is 517 g/mol. The monoisotopic (exact) mass is 516 g/mol. The first-order chi connectivity index (χ1) is 17.4. The normalized spacial score (nSPS) is 28.1. The molecule has 4 atom stereocenters. The van der Waals surface area contributed by atoms with Gasteiger partial charge in [0.1, 0.15) is 17.7 Å². The highest BCUT2D eigenvalue weighted by Crippen LogP contribution is 2.53. The fourth-order valence-corrected chi connectivity index (χ4v) is 6.29. The minimum atomic E-state index is -1.32. The third-order valence-electron chi connectivity index (χ3n) is 9.28. The van der Waals surface area contributed by atoms with Crippen LogP contribution in [0, 0.1) is 17.3 Å². The van der Waals surface area contributed by atoms with Gasteiger partial charge < -0.3 is 29.9 Å². The summed E-state index contributed by atoms with van der Waals surface area (Å²) in [4.78, 5) is 42.2. The first kappa shape index (κ1) is 27.2. The van der Waals surface area contributed by atoms with Crippen LogP contribution in [0.25, 0.3) is 0 Å². The number of nitrogens with zero attached hydrogens (tertiary/aromatic N) is 2. The van der Waals surface area contributed by atoms with Crippen LogP contribution in [0.2, 0.25) is 0 Å². The third kappa shape index (κ3) is 5.02. The molecule has 9 heteroatoms. The second-order valence-corrected chi connectivity index (χ2v) is 11.7. The van der Waals surface area contributed by atoms with Crippen LogP contribution in [0.5, 0.6) is 11.5 Å². The fraction of sp³-hybridized carbons (Fsp3) is 0.679. The lowest BCUT2D eigenvalue weighted by molar-refractivity contribution is -0.178. The molecule has 2 heterocycles. The van der Waals surface area contributed by atoms with Crippen molar-refractivity contribution < 1.29 is 34.4 Å². The van der Waals surface area contributed by atoms with E-state index in [4.69, 9.17) is 4.74 Å². The van der Waals surface area contributed by atoms with Gasteiger partial charge in [-0.2, -0.15) is 0 Å². The Hall–Kier alpha value is -2.81. The summed E-state index contributed by atoms with van der Waals surface area (Å²) in [6.07, 6.45) is 2.84. The highest BCUT2D eigenvalue weighted by Gasteiger charge is 2.54. The van der Waals surface area contributed by atoms with E-state index in [0.29, 0.717) is 24.4 Å². The number of amides is 2. The van der Waals surface area contributed by atoms with Crippen LogP contribution in [0.3, 0.4) is 0 Å². The van der Waals surface area contributed by atoms with Crippen LogP contribution >= 0.6 is 0 Å². The van der Waals surface area contributed by atoms with Crippen molar-refractivity contribution in [2.75, 3.05) is 19.6 Å². The molecule has 1 aromatic rings. The van der Waals surface area contributed by atoms with Gasteiger partial charge in [0.05, 0.1) is 5.92 Å². The van der Waals surface area contributed by atoms with Crippen LogP contribution < -0.4 is 0 Å². The summed E-state index contributed by atoms with van der Waals surface area (Å²) in [5.74, 6) is -1.49. The van der Waals surface area contributed by atoms with Crippen molar-refractivity contribution in [2.24, 2.45) is 17.3 Å². The summed E-state index contributed by atoms with van der Waals surface area (Å²) < 4.78 is 6.14. The standard InChI is InChI=1S/C28H40N2O7/c1-5-19-10-11-28(4,27(19,2)3)37-26(36)20-7-6-12-30(20)24(34)18-15-29(16-18)25(35)23(33)14-17-8-9-21(31)22(32)13-17/h8-9,13,18-20,23,31-33H,5-7,10-12,14-16H2,1-4H3. The quantitative estimate of drug-likeness (QED) is 0.375. The molecule has 3 N–H and O–H groups in total. The van der Waals surface area contributed by atoms with Crippen LogP contribution in [-0.2, 0) is 25.5 Å². The maximum atomic E-state index is 13.3. The number of hydrogen-bond donors (Lipinski definition) is 3. The van der Waals surface area contributed by atoms with E-state index in [1.54, 1.807) is 4.90 Å². The zero-order chi connectivity index (χ0) is 27.1. The number of aliphatic hydroxyl groups excluding tert-OH is 1. The van der Waals surface area contributed by atoms with Gasteiger partial charge in [0, 0.05) is 31.5 Å². The van der Waals surface area contributed by atoms with E-state index in [0.717, 1.165) is 25.7 Å². The molecule has 0 aromatic heterocycles. The molecule has 3 fully saturated rings. The predicted octanol–water partition coefficient (Wildman–Crippen LogP) is 2.60. The summed E-state index contributed by atoms with van der Waals surface area (Å²) >= 11 is 0. The summed E-state index contributed by atoms with van der Waals surface area (Å²) in [6, 6.07) is 3.53. The Morgan fingerprint density at radius 2 is 1.81 bits per heavy atom. The minimum Gasteiger partial charge on any atom is -0.504 e. The van der Waals surface area contributed by atoms with Gasteiger partial charge >= 0.3 is 5.97 Å². The molecule has 1 saturated carbocycles. The second-order valence-electron chi connectivity index (χ2n) is 11.7. The number of rotatable bonds is 7. The zero-order valence-electron chi connectivity index (χ0n) is 22.3. The summed E-state index contributed by atoms with van der Waals surface area (Å²) in [5.41, 5.74) is -0.196. The first-order valence-electron chi connectivity index (χ1n) is 13.4. The number of aromatic hydroxyl groups is 2. The molecular weight excluding hydrogens is 476 g/mol. The summed E-state index contributed by atoms with van der Waals surface area (Å²) in [5, 5.41) is 29.4. The van der Waals surface area contributed by atoms with E-state index in [9.17, 15) is 29.7 Å². The number of phenolic OH excluding ortho intramolecular Hbond substituents is 2. The molecule has 0 radical (unpaired) electrons.